The summed E-state index contributed by atoms with van der Waals surface area (Å²) in [6.07, 6.45) is 8.87. The van der Waals surface area contributed by atoms with Gasteiger partial charge >= 0.3 is 0 Å². The summed E-state index contributed by atoms with van der Waals surface area (Å²) in [4.78, 5) is 8.55. The van der Waals surface area contributed by atoms with Gasteiger partial charge in [0.05, 0.1) is 11.4 Å². The van der Waals surface area contributed by atoms with Gasteiger partial charge in [0.15, 0.2) is 0 Å². The molecule has 78 valence electrons. The summed E-state index contributed by atoms with van der Waals surface area (Å²) in [5.41, 5.74) is 4.74. The highest BCUT2D eigenvalue weighted by Crippen LogP contribution is 2.23. The number of hydrogen-bond acceptors (Lipinski definition) is 2. The molecule has 2 nitrogen and oxygen atoms in total. The van der Waals surface area contributed by atoms with E-state index in [0.29, 0.717) is 0 Å². The fourth-order valence-corrected chi connectivity index (χ4v) is 1.66. The highest BCUT2D eigenvalue weighted by molar-refractivity contribution is 5.69. The van der Waals surface area contributed by atoms with Gasteiger partial charge in [0.25, 0.3) is 0 Å². The first-order valence-electron chi connectivity index (χ1n) is 5.07. The lowest BCUT2D eigenvalue weighted by Gasteiger charge is -2.07. The van der Waals surface area contributed by atoms with E-state index in [4.69, 9.17) is 6.42 Å². The molecule has 0 N–H and O–H groups in total. The Morgan fingerprint density at radius 3 is 2.56 bits per heavy atom. The maximum Gasteiger partial charge on any atom is 0.0926 e. The van der Waals surface area contributed by atoms with Crippen molar-refractivity contribution >= 4 is 0 Å². The van der Waals surface area contributed by atoms with E-state index in [-0.39, 0.29) is 0 Å². The molecule has 2 aromatic rings. The molecule has 0 spiro atoms. The number of benzene rings is 1. The Labute approximate surface area is 95.4 Å². The van der Waals surface area contributed by atoms with Crippen molar-refractivity contribution < 1.29 is 0 Å². The second-order valence-corrected chi connectivity index (χ2v) is 3.68. The summed E-state index contributed by atoms with van der Waals surface area (Å²) in [5.74, 6) is 2.69. The Balaban J connectivity index is 2.66. The molecule has 0 aliphatic rings. The molecule has 0 saturated heterocycles. The summed E-state index contributed by atoms with van der Waals surface area (Å²) in [6, 6.07) is 6.02. The summed E-state index contributed by atoms with van der Waals surface area (Å²) in [7, 11) is 0. The summed E-state index contributed by atoms with van der Waals surface area (Å²) in [6.45, 7) is 3.95. The lowest BCUT2D eigenvalue weighted by molar-refractivity contribution is 1.12. The molecular weight excluding hydrogens is 196 g/mol. The third-order valence-electron chi connectivity index (χ3n) is 2.47. The van der Waals surface area contributed by atoms with Crippen LogP contribution in [0.25, 0.3) is 11.3 Å². The van der Waals surface area contributed by atoms with E-state index in [1.807, 2.05) is 32.0 Å². The minimum absolute atomic E-state index is 0.857. The molecule has 0 radical (unpaired) electrons. The predicted octanol–water partition coefficient (Wildman–Crippen LogP) is 2.74. The Morgan fingerprint density at radius 1 is 1.12 bits per heavy atom. The number of terminal acetylenes is 1. The van der Waals surface area contributed by atoms with Gasteiger partial charge in [-0.05, 0) is 25.5 Å². The Bertz CT molecular complexity index is 565. The molecule has 2 heteroatoms. The standard InChI is InChI=1S/C14H12N2/c1-4-12-9-10(2)5-6-13(12)14-11(3)15-7-8-16-14/h1,5-9H,2-3H3. The molecule has 1 aromatic carbocycles. The maximum atomic E-state index is 5.51. The second kappa shape index (κ2) is 4.16. The minimum atomic E-state index is 0.857. The van der Waals surface area contributed by atoms with E-state index in [9.17, 15) is 0 Å². The average molecular weight is 208 g/mol. The second-order valence-electron chi connectivity index (χ2n) is 3.68. The van der Waals surface area contributed by atoms with E-state index >= 15 is 0 Å². The van der Waals surface area contributed by atoms with Gasteiger partial charge in [-0.2, -0.15) is 0 Å². The smallest absolute Gasteiger partial charge is 0.0926 e. The van der Waals surface area contributed by atoms with Crippen molar-refractivity contribution in [1.29, 1.82) is 0 Å². The SMILES string of the molecule is C#Cc1cc(C)ccc1-c1nccnc1C. The Morgan fingerprint density at radius 2 is 1.88 bits per heavy atom. The van der Waals surface area contributed by atoms with Gasteiger partial charge in [-0.15, -0.1) is 6.42 Å². The first-order chi connectivity index (χ1) is 7.72. The molecule has 16 heavy (non-hydrogen) atoms. The van der Waals surface area contributed by atoms with E-state index in [2.05, 4.69) is 15.9 Å². The van der Waals surface area contributed by atoms with E-state index in [1.165, 1.54) is 0 Å². The lowest BCUT2D eigenvalue weighted by Crippen LogP contribution is -1.93. The van der Waals surface area contributed by atoms with Crippen LogP contribution in [0, 0.1) is 26.2 Å². The minimum Gasteiger partial charge on any atom is -0.258 e. The van der Waals surface area contributed by atoms with E-state index < -0.39 is 0 Å². The zero-order chi connectivity index (χ0) is 11.5. The van der Waals surface area contributed by atoms with Gasteiger partial charge in [-0.1, -0.05) is 18.1 Å². The summed E-state index contributed by atoms with van der Waals surface area (Å²) in [5, 5.41) is 0. The first-order valence-corrected chi connectivity index (χ1v) is 5.07. The molecule has 0 atom stereocenters. The van der Waals surface area contributed by atoms with Crippen molar-refractivity contribution in [3.8, 4) is 23.6 Å². The van der Waals surface area contributed by atoms with Gasteiger partial charge in [-0.25, -0.2) is 0 Å². The van der Waals surface area contributed by atoms with Crippen LogP contribution in [0.3, 0.4) is 0 Å². The van der Waals surface area contributed by atoms with Crippen molar-refractivity contribution in [3.63, 3.8) is 0 Å². The van der Waals surface area contributed by atoms with Crippen molar-refractivity contribution in [2.75, 3.05) is 0 Å². The highest BCUT2D eigenvalue weighted by atomic mass is 14.8. The van der Waals surface area contributed by atoms with Crippen LogP contribution >= 0.6 is 0 Å². The zero-order valence-corrected chi connectivity index (χ0v) is 9.36. The van der Waals surface area contributed by atoms with Crippen LogP contribution < -0.4 is 0 Å². The summed E-state index contributed by atoms with van der Waals surface area (Å²) < 4.78 is 0. The molecule has 0 aliphatic heterocycles. The number of aryl methyl sites for hydroxylation is 2. The molecule has 2 rings (SSSR count). The topological polar surface area (TPSA) is 25.8 Å². The highest BCUT2D eigenvalue weighted by Gasteiger charge is 2.07. The van der Waals surface area contributed by atoms with Crippen molar-refractivity contribution in [3.05, 3.63) is 47.4 Å². The number of nitrogens with zero attached hydrogens (tertiary/aromatic N) is 2. The van der Waals surface area contributed by atoms with Crippen molar-refractivity contribution in [2.45, 2.75) is 13.8 Å². The van der Waals surface area contributed by atoms with E-state index in [1.54, 1.807) is 12.4 Å². The maximum absolute atomic E-state index is 5.51. The van der Waals surface area contributed by atoms with Gasteiger partial charge in [-0.3, -0.25) is 9.97 Å². The lowest BCUT2D eigenvalue weighted by atomic mass is 10.0. The van der Waals surface area contributed by atoms with Gasteiger partial charge in [0, 0.05) is 23.5 Å². The van der Waals surface area contributed by atoms with Crippen LogP contribution in [0.15, 0.2) is 30.6 Å². The van der Waals surface area contributed by atoms with Crippen molar-refractivity contribution in [2.24, 2.45) is 0 Å². The molecule has 0 unspecified atom stereocenters. The molecular formula is C14H12N2. The predicted molar refractivity (Wildman–Crippen MR) is 64.9 cm³/mol. The molecule has 0 aliphatic carbocycles. The van der Waals surface area contributed by atoms with Crippen LogP contribution in [0.2, 0.25) is 0 Å². The zero-order valence-electron chi connectivity index (χ0n) is 9.36. The van der Waals surface area contributed by atoms with Crippen LogP contribution in [0.1, 0.15) is 16.8 Å². The van der Waals surface area contributed by atoms with Gasteiger partial charge < -0.3 is 0 Å². The molecule has 0 fully saturated rings. The quantitative estimate of drug-likeness (QED) is 0.673. The molecule has 1 heterocycles. The molecule has 0 amide bonds. The largest absolute Gasteiger partial charge is 0.258 e. The Hall–Kier alpha value is -2.14. The van der Waals surface area contributed by atoms with Crippen LogP contribution in [-0.2, 0) is 0 Å². The molecule has 1 aromatic heterocycles. The monoisotopic (exact) mass is 208 g/mol. The average Bonchev–Trinajstić information content (AvgIpc) is 2.30. The third kappa shape index (κ3) is 1.80. The third-order valence-corrected chi connectivity index (χ3v) is 2.47. The first kappa shape index (κ1) is 10.4. The Kier molecular flexibility index (Phi) is 2.70. The van der Waals surface area contributed by atoms with Gasteiger partial charge in [0.2, 0.25) is 0 Å². The molecule has 0 saturated carbocycles. The van der Waals surface area contributed by atoms with Crippen LogP contribution in [-0.4, -0.2) is 9.97 Å². The fraction of sp³-hybridized carbons (Fsp3) is 0.143. The number of hydrogen-bond donors (Lipinski definition) is 0. The van der Waals surface area contributed by atoms with E-state index in [0.717, 1.165) is 28.1 Å². The van der Waals surface area contributed by atoms with Crippen LogP contribution in [0.4, 0.5) is 0 Å². The number of rotatable bonds is 1. The van der Waals surface area contributed by atoms with Crippen LogP contribution in [0.5, 0.6) is 0 Å². The van der Waals surface area contributed by atoms with Crippen molar-refractivity contribution in [1.82, 2.24) is 9.97 Å². The van der Waals surface area contributed by atoms with Gasteiger partial charge in [0.1, 0.15) is 0 Å². The molecule has 0 bridgehead atoms. The number of aromatic nitrogens is 2. The fourth-order valence-electron chi connectivity index (χ4n) is 1.66. The summed E-state index contributed by atoms with van der Waals surface area (Å²) >= 11 is 0. The normalized spacial score (nSPS) is 9.81.